The highest BCUT2D eigenvalue weighted by molar-refractivity contribution is 9.10. The highest BCUT2D eigenvalue weighted by Gasteiger charge is 2.05. The summed E-state index contributed by atoms with van der Waals surface area (Å²) in [6.45, 7) is 0.676. The van der Waals surface area contributed by atoms with Crippen molar-refractivity contribution in [3.8, 4) is 5.88 Å². The van der Waals surface area contributed by atoms with Crippen LogP contribution in [-0.2, 0) is 12.2 Å². The number of aromatic hydroxyl groups is 1. The van der Waals surface area contributed by atoms with Crippen LogP contribution < -0.4 is 10.9 Å². The maximum absolute atomic E-state index is 12.2. The van der Waals surface area contributed by atoms with Gasteiger partial charge in [0.2, 0.25) is 11.8 Å². The summed E-state index contributed by atoms with van der Waals surface area (Å²) in [6.07, 6.45) is 5.22. The number of thioether (sulfide) groups is 1. The summed E-state index contributed by atoms with van der Waals surface area (Å²) in [7, 11) is 0. The Morgan fingerprint density at radius 3 is 2.89 bits per heavy atom. The van der Waals surface area contributed by atoms with Gasteiger partial charge >= 0.3 is 0 Å². The monoisotopic (exact) mass is 447 g/mol. The van der Waals surface area contributed by atoms with Crippen molar-refractivity contribution in [2.24, 2.45) is 0 Å². The number of rotatable bonds is 8. The molecule has 3 aromatic heterocycles. The molecule has 3 rings (SSSR count). The van der Waals surface area contributed by atoms with Gasteiger partial charge in [-0.15, -0.1) is 0 Å². The molecule has 0 amide bonds. The van der Waals surface area contributed by atoms with E-state index in [2.05, 4.69) is 41.2 Å². The second kappa shape index (κ2) is 9.52. The van der Waals surface area contributed by atoms with Crippen LogP contribution in [0.1, 0.15) is 16.8 Å². The average Bonchev–Trinajstić information content (AvgIpc) is 2.65. The fraction of sp³-hybridized carbons (Fsp3) is 0.222. The van der Waals surface area contributed by atoms with Crippen LogP contribution in [0.2, 0.25) is 0 Å². The molecule has 27 heavy (non-hydrogen) atoms. The Hall–Kier alpha value is -2.39. The Kier molecular flexibility index (Phi) is 6.83. The number of aromatic nitrogens is 4. The molecule has 0 aliphatic rings. The van der Waals surface area contributed by atoms with Crippen LogP contribution in [-0.4, -0.2) is 37.3 Å². The Balaban J connectivity index is 1.48. The smallest absolute Gasteiger partial charge is 0.255 e. The van der Waals surface area contributed by atoms with E-state index in [0.29, 0.717) is 24.5 Å². The van der Waals surface area contributed by atoms with E-state index in [9.17, 15) is 9.90 Å². The zero-order valence-electron chi connectivity index (χ0n) is 14.4. The molecule has 0 aliphatic heterocycles. The number of hydrogen-bond acceptors (Lipinski definition) is 7. The topological polar surface area (TPSA) is 104 Å². The van der Waals surface area contributed by atoms with Gasteiger partial charge in [-0.2, -0.15) is 11.8 Å². The predicted molar refractivity (Wildman–Crippen MR) is 110 cm³/mol. The fourth-order valence-electron chi connectivity index (χ4n) is 2.36. The zero-order chi connectivity index (χ0) is 19.1. The van der Waals surface area contributed by atoms with Gasteiger partial charge in [0.05, 0.1) is 5.69 Å². The second-order valence-corrected chi connectivity index (χ2v) is 7.66. The largest absolute Gasteiger partial charge is 0.493 e. The molecule has 3 N–H and O–H groups in total. The first-order valence-corrected chi connectivity index (χ1v) is 10.2. The van der Waals surface area contributed by atoms with E-state index in [4.69, 9.17) is 0 Å². The van der Waals surface area contributed by atoms with Crippen molar-refractivity contribution >= 4 is 33.6 Å². The Morgan fingerprint density at radius 2 is 2.11 bits per heavy atom. The van der Waals surface area contributed by atoms with E-state index < -0.39 is 0 Å². The summed E-state index contributed by atoms with van der Waals surface area (Å²) in [5.41, 5.74) is 2.14. The van der Waals surface area contributed by atoms with Crippen LogP contribution in [0.5, 0.6) is 5.88 Å². The lowest BCUT2D eigenvalue weighted by atomic mass is 10.1. The standard InChI is InChI=1S/C18H18BrN5O2S/c19-14-2-1-4-20-15(14)11-27-7-6-22-18-23-10-13(17(26)24-18)8-12-3-5-21-16(25)9-12/h1-5,9-10H,6-8,11H2,(H,21,25)(H2,22,23,24,26). The molecule has 0 bridgehead atoms. The number of aromatic amines is 1. The molecule has 0 saturated heterocycles. The quantitative estimate of drug-likeness (QED) is 0.455. The van der Waals surface area contributed by atoms with Crippen molar-refractivity contribution < 1.29 is 5.11 Å². The number of pyridine rings is 2. The summed E-state index contributed by atoms with van der Waals surface area (Å²) in [4.78, 5) is 27.3. The molecule has 3 aromatic rings. The lowest BCUT2D eigenvalue weighted by Crippen LogP contribution is -2.18. The van der Waals surface area contributed by atoms with Crippen molar-refractivity contribution in [2.75, 3.05) is 17.6 Å². The van der Waals surface area contributed by atoms with Crippen LogP contribution in [0, 0.1) is 0 Å². The molecule has 140 valence electrons. The fourth-order valence-corrected chi connectivity index (χ4v) is 3.76. The molecule has 0 spiro atoms. The molecule has 0 saturated carbocycles. The minimum Gasteiger partial charge on any atom is -0.493 e. The molecule has 0 aromatic carbocycles. The van der Waals surface area contributed by atoms with E-state index >= 15 is 0 Å². The van der Waals surface area contributed by atoms with Crippen LogP contribution in [0.3, 0.4) is 0 Å². The van der Waals surface area contributed by atoms with E-state index in [1.165, 1.54) is 12.3 Å². The summed E-state index contributed by atoms with van der Waals surface area (Å²) in [5.74, 6) is 2.04. The molecule has 3 heterocycles. The van der Waals surface area contributed by atoms with Gasteiger partial charge in [-0.25, -0.2) is 9.97 Å². The van der Waals surface area contributed by atoms with Gasteiger partial charge in [0.15, 0.2) is 0 Å². The van der Waals surface area contributed by atoms with Crippen molar-refractivity contribution in [2.45, 2.75) is 12.2 Å². The van der Waals surface area contributed by atoms with Gasteiger partial charge in [-0.05, 0) is 39.7 Å². The van der Waals surface area contributed by atoms with E-state index in [1.807, 2.05) is 12.1 Å². The van der Waals surface area contributed by atoms with Gasteiger partial charge in [-0.1, -0.05) is 0 Å². The van der Waals surface area contributed by atoms with Crippen molar-refractivity contribution in [3.63, 3.8) is 0 Å². The van der Waals surface area contributed by atoms with Crippen molar-refractivity contribution in [1.82, 2.24) is 19.9 Å². The third kappa shape index (κ3) is 5.80. The first kappa shape index (κ1) is 19.4. The van der Waals surface area contributed by atoms with Crippen LogP contribution >= 0.6 is 27.7 Å². The van der Waals surface area contributed by atoms with Gasteiger partial charge in [0.25, 0.3) is 5.56 Å². The number of H-pyrrole nitrogens is 1. The highest BCUT2D eigenvalue weighted by Crippen LogP contribution is 2.18. The van der Waals surface area contributed by atoms with Gasteiger partial charge < -0.3 is 10.4 Å². The van der Waals surface area contributed by atoms with Crippen molar-refractivity contribution in [1.29, 1.82) is 0 Å². The third-order valence-electron chi connectivity index (χ3n) is 3.69. The maximum Gasteiger partial charge on any atom is 0.255 e. The lowest BCUT2D eigenvalue weighted by molar-refractivity contribution is 0.453. The highest BCUT2D eigenvalue weighted by atomic mass is 79.9. The molecule has 0 aliphatic carbocycles. The molecule has 0 radical (unpaired) electrons. The number of anilines is 1. The molecule has 9 heteroatoms. The van der Waals surface area contributed by atoms with Crippen LogP contribution in [0.4, 0.5) is 5.95 Å². The Morgan fingerprint density at radius 1 is 1.22 bits per heavy atom. The summed E-state index contributed by atoms with van der Waals surface area (Å²) in [5, 5.41) is 12.5. The Labute approximate surface area is 168 Å². The SMILES string of the molecule is O=c1[nH]c(NCCSCc2ncccc2Br)ncc1Cc1ccnc(O)c1. The number of hydrogen-bond donors (Lipinski definition) is 3. The van der Waals surface area contributed by atoms with E-state index in [0.717, 1.165) is 27.2 Å². The zero-order valence-corrected chi connectivity index (χ0v) is 16.8. The second-order valence-electron chi connectivity index (χ2n) is 5.70. The summed E-state index contributed by atoms with van der Waals surface area (Å²) in [6, 6.07) is 7.15. The van der Waals surface area contributed by atoms with E-state index in [-0.39, 0.29) is 11.4 Å². The maximum atomic E-state index is 12.2. The molecular weight excluding hydrogens is 430 g/mol. The van der Waals surface area contributed by atoms with Gasteiger partial charge in [-0.3, -0.25) is 14.8 Å². The molecule has 0 fully saturated rings. The first-order chi connectivity index (χ1) is 13.1. The van der Waals surface area contributed by atoms with Gasteiger partial charge in [0.1, 0.15) is 0 Å². The molecule has 7 nitrogen and oxygen atoms in total. The summed E-state index contributed by atoms with van der Waals surface area (Å²) >= 11 is 5.23. The Bertz CT molecular complexity index is 966. The summed E-state index contributed by atoms with van der Waals surface area (Å²) < 4.78 is 1.01. The first-order valence-electron chi connectivity index (χ1n) is 8.25. The molecule has 0 unspecified atom stereocenters. The minimum absolute atomic E-state index is 0.0644. The van der Waals surface area contributed by atoms with Crippen LogP contribution in [0.25, 0.3) is 0 Å². The minimum atomic E-state index is -0.200. The average molecular weight is 448 g/mol. The van der Waals surface area contributed by atoms with E-state index in [1.54, 1.807) is 30.2 Å². The number of nitrogens with one attached hydrogen (secondary N) is 2. The van der Waals surface area contributed by atoms with Crippen LogP contribution in [0.15, 0.2) is 52.1 Å². The molecule has 0 atom stereocenters. The normalized spacial score (nSPS) is 10.7. The number of nitrogens with zero attached hydrogens (tertiary/aromatic N) is 3. The number of halogens is 1. The molecular formula is C18H18BrN5O2S. The van der Waals surface area contributed by atoms with Gasteiger partial charge in [0, 0.05) is 59.2 Å². The third-order valence-corrected chi connectivity index (χ3v) is 5.38. The predicted octanol–water partition coefficient (Wildman–Crippen LogP) is 2.96. The van der Waals surface area contributed by atoms with Crippen molar-refractivity contribution in [3.05, 3.63) is 74.5 Å². The lowest BCUT2D eigenvalue weighted by Gasteiger charge is -2.07.